The van der Waals surface area contributed by atoms with Gasteiger partial charge in [-0.3, -0.25) is 0 Å². The Morgan fingerprint density at radius 3 is 1.23 bits per heavy atom. The van der Waals surface area contributed by atoms with E-state index >= 15 is 0 Å². The number of benzene rings is 5. The number of carbonyl (C=O) groups excluding carboxylic acids is 5. The average molecular weight is 2070 g/mol. The predicted octanol–water partition coefficient (Wildman–Crippen LogP) is 2.29. The molecular weight excluding hydrogens is 1920 g/mol. The summed E-state index contributed by atoms with van der Waals surface area (Å²) in [5.74, 6) is 0. The van der Waals surface area contributed by atoms with E-state index in [0.717, 1.165) is 5.56 Å². The Kier molecular flexibility index (Phi) is 41.9. The Morgan fingerprint density at radius 1 is 0.347 bits per heavy atom. The minimum Gasteiger partial charge on any atom is -0.445 e. The molecule has 34 atom stereocenters. The van der Waals surface area contributed by atoms with Gasteiger partial charge >= 0.3 is 30.5 Å². The average Bonchev–Trinajstić information content (AvgIpc) is 1.35. The Morgan fingerprint density at radius 2 is 0.743 bits per heavy atom. The summed E-state index contributed by atoms with van der Waals surface area (Å²) in [6.45, 7) is 18.3. The number of nitrogens with two attached hydrogens (primary N) is 5. The van der Waals surface area contributed by atoms with E-state index in [4.69, 9.17) is 118 Å². The molecular formula is C98H148N10O34Si2. The number of rotatable bonds is 37. The fourth-order valence-electron chi connectivity index (χ4n) is 17.3. The second-order valence-corrected chi connectivity index (χ2v) is 50.1. The summed E-state index contributed by atoms with van der Waals surface area (Å²) in [5.41, 5.74) is 33.6. The van der Waals surface area contributed by atoms with Crippen molar-refractivity contribution < 1.29 is 164 Å². The van der Waals surface area contributed by atoms with Gasteiger partial charge in [0.05, 0.1) is 74.9 Å². The number of alkyl carbamates (subject to hydrolysis) is 5. The quantitative estimate of drug-likeness (QED) is 0.0200. The SMILES string of the molecule is CC(C)(C)[Si](C)(C)OC[C@@H]1CC[C@@H](NC(=O)OCc2ccccc2)[C@@H](O[C@H]2[C@H](O[C@@H]3O[C@H](CO[Si](C)(C)C(C)(C)C)[C@@H](O[C@H]4O[C@@H](CNC(=O)OCc5ccccc5)[C@@H](O)[C@H](O)[C@H]4NC(=O)OCc4ccccc4)[C@H]3O)[C@@H](O)[C@H](NC(=O)OCc3ccccc3)C[C@@H]2NC(=O)OCc2ccccc2)O1.NC[C@@H]1O[C@H](O[C@H]2[C@@H](O)[C@H](O[C@@H]3[C@@H](O)[C@H](N)C[C@H](N)[C@H]3O[C@H]3O[C@H](CO)CC[C@H]3N)O[C@@H]2CO)[C@H](N)[C@@H](O)[C@@H]1O. The molecule has 144 heavy (non-hydrogen) atoms. The summed E-state index contributed by atoms with van der Waals surface area (Å²) >= 11 is 0. The molecule has 13 rings (SSSR count). The highest BCUT2D eigenvalue weighted by Gasteiger charge is 2.59. The number of ether oxygens (including phenoxy) is 17. The fourth-order valence-corrected chi connectivity index (χ4v) is 19.3. The Hall–Kier alpha value is -8.28. The van der Waals surface area contributed by atoms with Crippen LogP contribution in [0, 0.1) is 0 Å². The normalized spacial score (nSPS) is 34.2. The van der Waals surface area contributed by atoms with Crippen molar-refractivity contribution in [2.24, 2.45) is 28.7 Å². The second kappa shape index (κ2) is 52.7. The highest BCUT2D eigenvalue weighted by molar-refractivity contribution is 6.74. The van der Waals surface area contributed by atoms with Gasteiger partial charge in [0.25, 0.3) is 0 Å². The lowest BCUT2D eigenvalue weighted by molar-refractivity contribution is -0.294. The smallest absolute Gasteiger partial charge is 0.407 e. The van der Waals surface area contributed by atoms with Gasteiger partial charge in [0.1, 0.15) is 143 Å². The number of carbonyl (C=O) groups is 5. The molecule has 5 amide bonds. The van der Waals surface area contributed by atoms with Gasteiger partial charge in [-0.05, 0) is 103 Å². The molecule has 802 valence electrons. The van der Waals surface area contributed by atoms with Crippen molar-refractivity contribution in [3.8, 4) is 0 Å². The monoisotopic (exact) mass is 2060 g/mol. The molecule has 8 fully saturated rings. The van der Waals surface area contributed by atoms with Gasteiger partial charge in [0, 0.05) is 25.2 Å². The summed E-state index contributed by atoms with van der Waals surface area (Å²) in [4.78, 5) is 69.4. The van der Waals surface area contributed by atoms with Crippen LogP contribution in [0.4, 0.5) is 24.0 Å². The van der Waals surface area contributed by atoms with Crippen molar-refractivity contribution in [2.75, 3.05) is 39.5 Å². The third-order valence-corrected chi connectivity index (χ3v) is 36.9. The van der Waals surface area contributed by atoms with E-state index in [1.165, 1.54) is 0 Å². The number of hydrogen-bond acceptors (Lipinski definition) is 39. The van der Waals surface area contributed by atoms with Crippen LogP contribution in [-0.2, 0) is 122 Å². The summed E-state index contributed by atoms with van der Waals surface area (Å²) in [7, 11) is -5.14. The topological polar surface area (TPSA) is 653 Å². The lowest BCUT2D eigenvalue weighted by Crippen LogP contribution is -2.68. The zero-order chi connectivity index (χ0) is 104. The van der Waals surface area contributed by atoms with Crippen LogP contribution >= 0.6 is 0 Å². The zero-order valence-corrected chi connectivity index (χ0v) is 84.7. The molecule has 0 spiro atoms. The van der Waals surface area contributed by atoms with Crippen LogP contribution in [0.1, 0.15) is 108 Å². The first kappa shape index (κ1) is 114. The highest BCUT2D eigenvalue weighted by atomic mass is 28.4. The molecule has 44 nitrogen and oxygen atoms in total. The number of nitrogens with one attached hydrogen (secondary N) is 5. The van der Waals surface area contributed by atoms with Gasteiger partial charge < -0.3 is 196 Å². The molecule has 6 aliphatic heterocycles. The van der Waals surface area contributed by atoms with E-state index in [1.54, 1.807) is 115 Å². The van der Waals surface area contributed by atoms with E-state index in [-0.39, 0.29) is 88.7 Å². The van der Waals surface area contributed by atoms with Gasteiger partial charge in [-0.15, -0.1) is 0 Å². The maximum Gasteiger partial charge on any atom is 0.407 e. The molecule has 0 unspecified atom stereocenters. The summed E-state index contributed by atoms with van der Waals surface area (Å²) in [6, 6.07) is 36.1. The first-order chi connectivity index (χ1) is 68.5. The molecule has 5 aromatic carbocycles. The van der Waals surface area contributed by atoms with Crippen LogP contribution in [0.2, 0.25) is 36.3 Å². The summed E-state index contributed by atoms with van der Waals surface area (Å²) in [5, 5.41) is 125. The van der Waals surface area contributed by atoms with Crippen molar-refractivity contribution in [3.63, 3.8) is 0 Å². The van der Waals surface area contributed by atoms with Crippen LogP contribution in [0.3, 0.4) is 0 Å². The van der Waals surface area contributed by atoms with Crippen LogP contribution in [0.25, 0.3) is 0 Å². The van der Waals surface area contributed by atoms with Crippen LogP contribution in [-0.4, -0.2) is 346 Å². The molecule has 6 saturated heterocycles. The molecule has 2 aliphatic carbocycles. The molecule has 0 bridgehead atoms. The number of aliphatic hydroxyl groups excluding tert-OH is 10. The minimum absolute atomic E-state index is 0.0766. The first-order valence-electron chi connectivity index (χ1n) is 48.9. The van der Waals surface area contributed by atoms with Gasteiger partial charge in [-0.25, -0.2) is 24.0 Å². The molecule has 6 heterocycles. The molecule has 8 aliphatic rings. The summed E-state index contributed by atoms with van der Waals surface area (Å²) in [6.07, 6.45) is -39.3. The molecule has 46 heteroatoms. The lowest BCUT2D eigenvalue weighted by atomic mass is 9.83. The molecule has 2 saturated carbocycles. The molecule has 5 aromatic rings. The van der Waals surface area contributed by atoms with Crippen molar-refractivity contribution in [2.45, 2.75) is 358 Å². The van der Waals surface area contributed by atoms with Gasteiger partial charge in [0.15, 0.2) is 54.4 Å². The van der Waals surface area contributed by atoms with E-state index < -0.39 is 268 Å². The third-order valence-electron chi connectivity index (χ3n) is 27.9. The second-order valence-electron chi connectivity index (χ2n) is 40.5. The van der Waals surface area contributed by atoms with E-state index in [0.29, 0.717) is 41.5 Å². The van der Waals surface area contributed by atoms with E-state index in [1.807, 2.05) is 70.3 Å². The van der Waals surface area contributed by atoms with Gasteiger partial charge in [0.2, 0.25) is 0 Å². The van der Waals surface area contributed by atoms with E-state index in [2.05, 4.69) is 60.4 Å². The third kappa shape index (κ3) is 31.0. The largest absolute Gasteiger partial charge is 0.445 e. The molecule has 0 aromatic heterocycles. The molecule has 0 radical (unpaired) electrons. The van der Waals surface area contributed by atoms with Crippen LogP contribution < -0.4 is 55.3 Å². The van der Waals surface area contributed by atoms with Crippen LogP contribution in [0.15, 0.2) is 152 Å². The number of aliphatic hydroxyl groups is 10. The maximum atomic E-state index is 14.4. The van der Waals surface area contributed by atoms with Crippen molar-refractivity contribution in [1.82, 2.24) is 26.6 Å². The highest BCUT2D eigenvalue weighted by Crippen LogP contribution is 2.43. The number of amides is 5. The Balaban J connectivity index is 0.000000383. The fraction of sp³-hybridized carbons (Fsp3) is 0.643. The molecule has 25 N–H and O–H groups in total. The van der Waals surface area contributed by atoms with Gasteiger partial charge in [-0.1, -0.05) is 193 Å². The summed E-state index contributed by atoms with van der Waals surface area (Å²) < 4.78 is 118. The maximum absolute atomic E-state index is 14.4. The number of hydrogen-bond donors (Lipinski definition) is 20. The Bertz CT molecular complexity index is 4740. The first-order valence-corrected chi connectivity index (χ1v) is 54.7. The predicted molar refractivity (Wildman–Crippen MR) is 517 cm³/mol. The standard InChI is InChI=1S/C75H103N5O22Si2.C23H45N5O12/c1-74(2,3)103(7,8)95-45-52-36-37-53(77-70(86)91-41-48-28-18-12-19-29-48)66(97-52)100-63-55(79-72(88)93-43-50-32-22-14-23-33-50)38-54(78-71(87)92-42-49-30-20-13-21-31-49)59(81)65(63)102-68-62(84)64(57(99-68)46-96-104(9,10)75(4,5)6)101-67-58(80-73(89)94-44-51-34-24-15-25-35-51)61(83)60(82)56(98-67)39-76-69(85)90-40-47-26-16-11-17-27-47;24-4-11-15(32)16(33)13(28)22(36-11)39-19-12(6-30)37-23(17(19)34)40-20-14(31)9(26)3-10(27)18(20)38-21-8(25)2-1-7(5-29)35-21/h11-35,52-68,81-84H,36-46H2,1-10H3,(H,76,85)(H,77,86)(H,78,87)(H,79,88)(H,80,89);7-23,29-34H,1-6,24-28H2/t52-,53+,54+,55-,56-,57+,58+,59-,60+,61+,62+,63+,64+,65+,66+,67+,68-;7-,8+,9+,10-,11-,12+,13+,14-,15+,16+,17+,18+,19+,20+,21+,22+,23-/m00/s1. The van der Waals surface area contributed by atoms with Crippen molar-refractivity contribution >= 4 is 47.1 Å². The van der Waals surface area contributed by atoms with Crippen molar-refractivity contribution in [1.29, 1.82) is 0 Å². The minimum atomic E-state index is -2.73. The lowest BCUT2D eigenvalue weighted by Gasteiger charge is -2.48. The van der Waals surface area contributed by atoms with Gasteiger partial charge in [-0.2, -0.15) is 0 Å². The zero-order valence-electron chi connectivity index (χ0n) is 82.7. The van der Waals surface area contributed by atoms with E-state index in [9.17, 15) is 75.0 Å². The Labute approximate surface area is 839 Å². The van der Waals surface area contributed by atoms with Crippen LogP contribution in [0.5, 0.6) is 0 Å². The van der Waals surface area contributed by atoms with Crippen molar-refractivity contribution in [3.05, 3.63) is 179 Å².